The average molecular weight is 415 g/mol. The molecule has 1 heterocycles. The molecule has 1 saturated carbocycles. The van der Waals surface area contributed by atoms with Crippen LogP contribution in [-0.4, -0.2) is 37.1 Å². The molecule has 0 bridgehead atoms. The minimum Gasteiger partial charge on any atom is -0.379 e. The zero-order valence-corrected chi connectivity index (χ0v) is 16.3. The highest BCUT2D eigenvalue weighted by atomic mass is 79.9. The van der Waals surface area contributed by atoms with Gasteiger partial charge >= 0.3 is 0 Å². The quantitative estimate of drug-likeness (QED) is 0.804. The van der Waals surface area contributed by atoms with Crippen molar-refractivity contribution in [3.05, 3.63) is 64.1 Å². The molecule has 0 radical (unpaired) electrons. The van der Waals surface area contributed by atoms with Crippen LogP contribution in [0.1, 0.15) is 24.0 Å². The Morgan fingerprint density at radius 3 is 2.31 bits per heavy atom. The third-order valence-corrected chi connectivity index (χ3v) is 5.83. The molecule has 2 fully saturated rings. The van der Waals surface area contributed by atoms with Gasteiger partial charge in [-0.1, -0.05) is 40.2 Å². The van der Waals surface area contributed by atoms with E-state index in [1.807, 2.05) is 36.4 Å². The van der Waals surface area contributed by atoms with Gasteiger partial charge in [-0.2, -0.15) is 0 Å². The van der Waals surface area contributed by atoms with E-state index in [0.29, 0.717) is 0 Å². The van der Waals surface area contributed by atoms with E-state index in [-0.39, 0.29) is 11.3 Å². The molecule has 2 aliphatic rings. The van der Waals surface area contributed by atoms with E-state index in [0.717, 1.165) is 61.4 Å². The number of amides is 1. The molecule has 1 amide bonds. The number of halogens is 1. The average Bonchev–Trinajstić information content (AvgIpc) is 3.47. The Morgan fingerprint density at radius 2 is 1.69 bits per heavy atom. The van der Waals surface area contributed by atoms with E-state index < -0.39 is 0 Å². The number of rotatable bonds is 5. The number of ether oxygens (including phenoxy) is 1. The number of hydrogen-bond donors (Lipinski definition) is 1. The van der Waals surface area contributed by atoms with E-state index in [9.17, 15) is 4.79 Å². The van der Waals surface area contributed by atoms with Gasteiger partial charge in [0, 0.05) is 29.8 Å². The van der Waals surface area contributed by atoms with Gasteiger partial charge < -0.3 is 10.1 Å². The third-order valence-electron chi connectivity index (χ3n) is 5.30. The zero-order chi connectivity index (χ0) is 18.0. The summed E-state index contributed by atoms with van der Waals surface area (Å²) in [4.78, 5) is 15.2. The molecule has 4 nitrogen and oxygen atoms in total. The second kappa shape index (κ2) is 7.51. The molecule has 0 spiro atoms. The number of hydrogen-bond acceptors (Lipinski definition) is 3. The molecule has 2 aromatic rings. The van der Waals surface area contributed by atoms with Gasteiger partial charge in [0.2, 0.25) is 5.91 Å². The summed E-state index contributed by atoms with van der Waals surface area (Å²) >= 11 is 3.45. The lowest BCUT2D eigenvalue weighted by Crippen LogP contribution is -2.35. The van der Waals surface area contributed by atoms with Crippen LogP contribution in [0.15, 0.2) is 53.0 Å². The predicted octanol–water partition coefficient (Wildman–Crippen LogP) is 3.95. The normalized spacial score (nSPS) is 19.1. The fraction of sp³-hybridized carbons (Fsp3) is 0.381. The summed E-state index contributed by atoms with van der Waals surface area (Å²) in [6.45, 7) is 4.52. The van der Waals surface area contributed by atoms with Gasteiger partial charge in [0.1, 0.15) is 0 Å². The number of morpholine rings is 1. The van der Waals surface area contributed by atoms with E-state index >= 15 is 0 Å². The van der Waals surface area contributed by atoms with Crippen LogP contribution in [0.5, 0.6) is 0 Å². The van der Waals surface area contributed by atoms with Crippen LogP contribution in [0.4, 0.5) is 5.69 Å². The molecule has 136 valence electrons. The van der Waals surface area contributed by atoms with E-state index in [4.69, 9.17) is 4.74 Å². The zero-order valence-electron chi connectivity index (χ0n) is 14.7. The number of carbonyl (C=O) groups excluding carboxylic acids is 1. The second-order valence-electron chi connectivity index (χ2n) is 7.13. The maximum atomic E-state index is 12.8. The van der Waals surface area contributed by atoms with Gasteiger partial charge in [0.05, 0.1) is 18.6 Å². The van der Waals surface area contributed by atoms with Crippen molar-refractivity contribution in [1.29, 1.82) is 0 Å². The fourth-order valence-corrected chi connectivity index (χ4v) is 3.77. The lowest BCUT2D eigenvalue weighted by molar-refractivity contribution is -0.118. The van der Waals surface area contributed by atoms with Crippen LogP contribution < -0.4 is 5.32 Å². The summed E-state index contributed by atoms with van der Waals surface area (Å²) < 4.78 is 6.42. The number of benzene rings is 2. The van der Waals surface area contributed by atoms with Crippen molar-refractivity contribution in [3.8, 4) is 0 Å². The smallest absolute Gasteiger partial charge is 0.235 e. The van der Waals surface area contributed by atoms with Gasteiger partial charge in [-0.25, -0.2) is 0 Å². The first-order valence-electron chi connectivity index (χ1n) is 9.12. The third kappa shape index (κ3) is 3.85. The summed E-state index contributed by atoms with van der Waals surface area (Å²) in [6, 6.07) is 16.3. The molecule has 4 rings (SSSR count). The van der Waals surface area contributed by atoms with Gasteiger partial charge in [-0.05, 0) is 48.2 Å². The topological polar surface area (TPSA) is 41.6 Å². The Kier molecular flexibility index (Phi) is 5.11. The van der Waals surface area contributed by atoms with Gasteiger partial charge in [0.25, 0.3) is 0 Å². The standard InChI is InChI=1S/C21H23BrN2O2/c22-18-5-3-17(4-6-18)21(9-10-21)20(25)23-19-7-1-16(2-8-19)15-24-11-13-26-14-12-24/h1-8H,9-15H2,(H,23,25). The Bertz CT molecular complexity index is 764. The van der Waals surface area contributed by atoms with Crippen molar-refractivity contribution in [3.63, 3.8) is 0 Å². The van der Waals surface area contributed by atoms with Crippen LogP contribution >= 0.6 is 15.9 Å². The maximum Gasteiger partial charge on any atom is 0.235 e. The highest BCUT2D eigenvalue weighted by molar-refractivity contribution is 9.10. The van der Waals surface area contributed by atoms with Crippen molar-refractivity contribution in [1.82, 2.24) is 4.90 Å². The molecular weight excluding hydrogens is 392 g/mol. The van der Waals surface area contributed by atoms with Crippen LogP contribution in [0.25, 0.3) is 0 Å². The highest BCUT2D eigenvalue weighted by Gasteiger charge is 2.51. The maximum absolute atomic E-state index is 12.8. The first kappa shape index (κ1) is 17.7. The largest absolute Gasteiger partial charge is 0.379 e. The SMILES string of the molecule is O=C(Nc1ccc(CN2CCOCC2)cc1)C1(c2ccc(Br)cc2)CC1. The molecule has 1 saturated heterocycles. The minimum absolute atomic E-state index is 0.0979. The first-order chi connectivity index (χ1) is 12.7. The van der Waals surface area contributed by atoms with Crippen molar-refractivity contribution in [2.45, 2.75) is 24.8 Å². The van der Waals surface area contributed by atoms with E-state index in [1.54, 1.807) is 0 Å². The highest BCUT2D eigenvalue weighted by Crippen LogP contribution is 2.49. The molecule has 1 aliphatic heterocycles. The van der Waals surface area contributed by atoms with Crippen LogP contribution in [0, 0.1) is 0 Å². The Morgan fingerprint density at radius 1 is 1.04 bits per heavy atom. The Labute approximate surface area is 162 Å². The summed E-state index contributed by atoms with van der Waals surface area (Å²) in [6.07, 6.45) is 1.82. The monoisotopic (exact) mass is 414 g/mol. The minimum atomic E-state index is -0.354. The lowest BCUT2D eigenvalue weighted by Gasteiger charge is -2.26. The molecule has 1 aliphatic carbocycles. The molecular formula is C21H23BrN2O2. The summed E-state index contributed by atoms with van der Waals surface area (Å²) in [7, 11) is 0. The predicted molar refractivity (Wildman–Crippen MR) is 106 cm³/mol. The fourth-order valence-electron chi connectivity index (χ4n) is 3.50. The Hall–Kier alpha value is -1.69. The molecule has 1 N–H and O–H groups in total. The van der Waals surface area contributed by atoms with E-state index in [2.05, 4.69) is 38.3 Å². The molecule has 0 unspecified atom stereocenters. The van der Waals surface area contributed by atoms with E-state index in [1.165, 1.54) is 5.56 Å². The lowest BCUT2D eigenvalue weighted by atomic mass is 9.95. The van der Waals surface area contributed by atoms with Crippen molar-refractivity contribution >= 4 is 27.5 Å². The van der Waals surface area contributed by atoms with Crippen LogP contribution in [0.3, 0.4) is 0 Å². The first-order valence-corrected chi connectivity index (χ1v) is 9.92. The number of anilines is 1. The second-order valence-corrected chi connectivity index (χ2v) is 8.04. The molecule has 0 atom stereocenters. The molecule has 5 heteroatoms. The van der Waals surface area contributed by atoms with Gasteiger partial charge in [0.15, 0.2) is 0 Å². The number of nitrogens with one attached hydrogen (secondary N) is 1. The van der Waals surface area contributed by atoms with Gasteiger partial charge in [-0.3, -0.25) is 9.69 Å². The van der Waals surface area contributed by atoms with Gasteiger partial charge in [-0.15, -0.1) is 0 Å². The van der Waals surface area contributed by atoms with Crippen molar-refractivity contribution in [2.75, 3.05) is 31.6 Å². The number of carbonyl (C=O) groups is 1. The molecule has 0 aromatic heterocycles. The van der Waals surface area contributed by atoms with Crippen molar-refractivity contribution < 1.29 is 9.53 Å². The number of nitrogens with zero attached hydrogens (tertiary/aromatic N) is 1. The molecule has 2 aromatic carbocycles. The summed E-state index contributed by atoms with van der Waals surface area (Å²) in [5.74, 6) is 0.0979. The summed E-state index contributed by atoms with van der Waals surface area (Å²) in [5, 5.41) is 3.10. The summed E-state index contributed by atoms with van der Waals surface area (Å²) in [5.41, 5.74) is 2.87. The molecule has 26 heavy (non-hydrogen) atoms. The Balaban J connectivity index is 1.39. The van der Waals surface area contributed by atoms with Crippen molar-refractivity contribution in [2.24, 2.45) is 0 Å². The van der Waals surface area contributed by atoms with Crippen LogP contribution in [0.2, 0.25) is 0 Å². The van der Waals surface area contributed by atoms with Crippen LogP contribution in [-0.2, 0) is 21.5 Å².